The first kappa shape index (κ1) is 7.13. The number of tetrazole rings is 1. The molecule has 7 heteroatoms. The lowest BCUT2D eigenvalue weighted by atomic mass is 10.7. The van der Waals surface area contributed by atoms with Gasteiger partial charge in [-0.2, -0.15) is 0 Å². The molecule has 1 amide bonds. The predicted octanol–water partition coefficient (Wildman–Crippen LogP) is -0.467. The topological polar surface area (TPSA) is 83.6 Å². The molecule has 0 fully saturated rings. The number of carbonyl (C=O) groups is 1. The summed E-state index contributed by atoms with van der Waals surface area (Å²) in [5.41, 5.74) is 0. The summed E-state index contributed by atoms with van der Waals surface area (Å²) >= 11 is 2.97. The van der Waals surface area contributed by atoms with Crippen molar-refractivity contribution >= 4 is 27.8 Å². The zero-order valence-corrected chi connectivity index (χ0v) is 6.42. The first-order valence-electron chi connectivity index (χ1n) is 2.42. The van der Waals surface area contributed by atoms with Crippen LogP contribution in [0.3, 0.4) is 0 Å². The van der Waals surface area contributed by atoms with Crippen LogP contribution in [-0.4, -0.2) is 31.9 Å². The van der Waals surface area contributed by atoms with E-state index in [-0.39, 0.29) is 17.2 Å². The lowest BCUT2D eigenvalue weighted by molar-refractivity contribution is -0.113. The molecule has 10 heavy (non-hydrogen) atoms. The molecular weight excluding hydrogens is 202 g/mol. The monoisotopic (exact) mass is 205 g/mol. The molecular formula is C3H4BrN5O. The molecule has 0 aromatic carbocycles. The minimum absolute atomic E-state index is 0.196. The lowest BCUT2D eigenvalue weighted by Gasteiger charge is -1.92. The number of carbonyl (C=O) groups excluding carboxylic acids is 1. The van der Waals surface area contributed by atoms with Gasteiger partial charge in [-0.25, -0.2) is 5.10 Å². The standard InChI is InChI=1S/C3H4BrN5O/c4-1-2(10)5-3-6-8-9-7-3/h1H2,(H2,5,6,7,8,9,10). The number of H-pyrrole nitrogens is 1. The Labute approximate surface area is 64.5 Å². The van der Waals surface area contributed by atoms with E-state index in [0.717, 1.165) is 0 Å². The summed E-state index contributed by atoms with van der Waals surface area (Å²) in [7, 11) is 0. The van der Waals surface area contributed by atoms with Crippen molar-refractivity contribution in [1.29, 1.82) is 0 Å². The quantitative estimate of drug-likeness (QED) is 0.641. The summed E-state index contributed by atoms with van der Waals surface area (Å²) in [6.45, 7) is 0. The number of nitrogens with one attached hydrogen (secondary N) is 2. The first-order chi connectivity index (χ1) is 4.83. The minimum Gasteiger partial charge on any atom is -0.293 e. The molecule has 0 bridgehead atoms. The summed E-state index contributed by atoms with van der Waals surface area (Å²) in [6, 6.07) is 0. The molecule has 1 aromatic rings. The Morgan fingerprint density at radius 2 is 2.60 bits per heavy atom. The van der Waals surface area contributed by atoms with Gasteiger partial charge in [-0.15, -0.1) is 0 Å². The van der Waals surface area contributed by atoms with Crippen LogP contribution in [0.15, 0.2) is 0 Å². The second-order valence-corrected chi connectivity index (χ2v) is 1.99. The van der Waals surface area contributed by atoms with E-state index in [1.807, 2.05) is 0 Å². The molecule has 0 saturated heterocycles. The van der Waals surface area contributed by atoms with E-state index in [4.69, 9.17) is 0 Å². The minimum atomic E-state index is -0.196. The summed E-state index contributed by atoms with van der Waals surface area (Å²) in [5, 5.41) is 15.0. The average molecular weight is 206 g/mol. The first-order valence-corrected chi connectivity index (χ1v) is 3.54. The van der Waals surface area contributed by atoms with Crippen LogP contribution in [0.4, 0.5) is 5.95 Å². The Hall–Kier alpha value is -0.980. The van der Waals surface area contributed by atoms with Gasteiger partial charge in [-0.1, -0.05) is 21.0 Å². The fourth-order valence-corrected chi connectivity index (χ4v) is 0.518. The van der Waals surface area contributed by atoms with Crippen molar-refractivity contribution in [2.45, 2.75) is 0 Å². The van der Waals surface area contributed by atoms with Crippen molar-refractivity contribution in [3.63, 3.8) is 0 Å². The zero-order valence-electron chi connectivity index (χ0n) is 4.83. The molecule has 1 heterocycles. The fraction of sp³-hybridized carbons (Fsp3) is 0.333. The Kier molecular flexibility index (Phi) is 2.32. The molecule has 0 radical (unpaired) electrons. The van der Waals surface area contributed by atoms with Crippen molar-refractivity contribution in [3.05, 3.63) is 0 Å². The number of rotatable bonds is 2. The van der Waals surface area contributed by atoms with E-state index in [1.165, 1.54) is 0 Å². The molecule has 0 aliphatic carbocycles. The van der Waals surface area contributed by atoms with Gasteiger partial charge in [0, 0.05) is 0 Å². The van der Waals surface area contributed by atoms with Crippen LogP contribution in [0.2, 0.25) is 0 Å². The molecule has 2 N–H and O–H groups in total. The van der Waals surface area contributed by atoms with Crippen molar-refractivity contribution in [3.8, 4) is 0 Å². The number of hydrogen-bond donors (Lipinski definition) is 2. The van der Waals surface area contributed by atoms with Gasteiger partial charge in [0.25, 0.3) is 0 Å². The SMILES string of the molecule is O=C(CBr)Nc1nnn[nH]1. The number of nitrogens with zero attached hydrogens (tertiary/aromatic N) is 3. The van der Waals surface area contributed by atoms with Gasteiger partial charge >= 0.3 is 0 Å². The highest BCUT2D eigenvalue weighted by Crippen LogP contribution is 1.90. The van der Waals surface area contributed by atoms with Crippen molar-refractivity contribution in [2.75, 3.05) is 10.6 Å². The molecule has 0 aliphatic heterocycles. The Bertz CT molecular complexity index is 209. The Balaban J connectivity index is 2.48. The third-order valence-electron chi connectivity index (χ3n) is 0.725. The van der Waals surface area contributed by atoms with E-state index in [1.54, 1.807) is 0 Å². The molecule has 1 aromatic heterocycles. The molecule has 0 saturated carbocycles. The normalized spacial score (nSPS) is 9.30. The number of hydrogen-bond acceptors (Lipinski definition) is 4. The van der Waals surface area contributed by atoms with Gasteiger partial charge in [0.05, 0.1) is 5.33 Å². The highest BCUT2D eigenvalue weighted by molar-refractivity contribution is 9.09. The van der Waals surface area contributed by atoms with Crippen LogP contribution in [0.1, 0.15) is 0 Å². The summed E-state index contributed by atoms with van der Waals surface area (Å²) < 4.78 is 0. The molecule has 1 rings (SSSR count). The number of aromatic amines is 1. The van der Waals surface area contributed by atoms with E-state index < -0.39 is 0 Å². The predicted molar refractivity (Wildman–Crippen MR) is 36.6 cm³/mol. The van der Waals surface area contributed by atoms with E-state index in [0.29, 0.717) is 0 Å². The second-order valence-electron chi connectivity index (χ2n) is 1.43. The third kappa shape index (κ3) is 1.76. The summed E-state index contributed by atoms with van der Waals surface area (Å²) in [4.78, 5) is 10.6. The maximum Gasteiger partial charge on any atom is 0.246 e. The molecule has 6 nitrogen and oxygen atoms in total. The molecule has 54 valence electrons. The molecule has 0 aliphatic rings. The van der Waals surface area contributed by atoms with Crippen LogP contribution in [0, 0.1) is 0 Å². The van der Waals surface area contributed by atoms with Gasteiger partial charge in [-0.05, 0) is 10.4 Å². The molecule has 0 spiro atoms. The van der Waals surface area contributed by atoms with E-state index in [9.17, 15) is 4.79 Å². The van der Waals surface area contributed by atoms with Crippen LogP contribution in [-0.2, 0) is 4.79 Å². The van der Waals surface area contributed by atoms with Crippen LogP contribution < -0.4 is 5.32 Å². The van der Waals surface area contributed by atoms with Gasteiger partial charge in [0.1, 0.15) is 0 Å². The van der Waals surface area contributed by atoms with Gasteiger partial charge in [-0.3, -0.25) is 10.1 Å². The second kappa shape index (κ2) is 3.25. The number of anilines is 1. The molecule has 0 atom stereocenters. The highest BCUT2D eigenvalue weighted by Gasteiger charge is 2.00. The third-order valence-corrected chi connectivity index (χ3v) is 1.23. The van der Waals surface area contributed by atoms with Crippen molar-refractivity contribution in [1.82, 2.24) is 20.6 Å². The van der Waals surface area contributed by atoms with Crippen molar-refractivity contribution < 1.29 is 4.79 Å². The average Bonchev–Trinajstić information content (AvgIpc) is 2.40. The highest BCUT2D eigenvalue weighted by atomic mass is 79.9. The number of amides is 1. The van der Waals surface area contributed by atoms with E-state index >= 15 is 0 Å². The fourth-order valence-electron chi connectivity index (χ4n) is 0.378. The van der Waals surface area contributed by atoms with Gasteiger partial charge in [0.2, 0.25) is 11.9 Å². The van der Waals surface area contributed by atoms with Crippen LogP contribution in [0.25, 0.3) is 0 Å². The van der Waals surface area contributed by atoms with E-state index in [2.05, 4.69) is 41.9 Å². The van der Waals surface area contributed by atoms with Crippen LogP contribution >= 0.6 is 15.9 Å². The summed E-state index contributed by atoms with van der Waals surface area (Å²) in [6.07, 6.45) is 0. The Morgan fingerprint density at radius 1 is 1.80 bits per heavy atom. The van der Waals surface area contributed by atoms with Crippen molar-refractivity contribution in [2.24, 2.45) is 0 Å². The maximum atomic E-state index is 10.6. The van der Waals surface area contributed by atoms with Gasteiger partial charge in [0.15, 0.2) is 0 Å². The zero-order chi connectivity index (χ0) is 7.40. The largest absolute Gasteiger partial charge is 0.293 e. The lowest BCUT2D eigenvalue weighted by Crippen LogP contribution is -2.13. The molecule has 0 unspecified atom stereocenters. The van der Waals surface area contributed by atoms with Gasteiger partial charge < -0.3 is 0 Å². The number of halogens is 1. The maximum absolute atomic E-state index is 10.6. The summed E-state index contributed by atoms with van der Waals surface area (Å²) in [5.74, 6) is 0.0583. The van der Waals surface area contributed by atoms with Crippen LogP contribution in [0.5, 0.6) is 0 Å². The Morgan fingerprint density at radius 3 is 3.10 bits per heavy atom. The number of alkyl halides is 1. The number of aromatic nitrogens is 4. The smallest absolute Gasteiger partial charge is 0.246 e.